The maximum atomic E-state index is 6.50. The van der Waals surface area contributed by atoms with Crippen LogP contribution < -0.4 is 0 Å². The third-order valence-electron chi connectivity index (χ3n) is 3.33. The number of rotatable bonds is 5. The van der Waals surface area contributed by atoms with Gasteiger partial charge in [-0.05, 0) is 11.8 Å². The Morgan fingerprint density at radius 2 is 1.47 bits per heavy atom. The lowest BCUT2D eigenvalue weighted by atomic mass is 9.94. The Balaban J connectivity index is 3.06. The van der Waals surface area contributed by atoms with Gasteiger partial charge in [-0.1, -0.05) is 35.7 Å². The molecule has 0 bridgehead atoms. The molecule has 0 aromatic heterocycles. The Labute approximate surface area is 131 Å². The summed E-state index contributed by atoms with van der Waals surface area (Å²) in [5, 5.41) is -0.396. The van der Waals surface area contributed by atoms with Gasteiger partial charge in [0.2, 0.25) is 5.27 Å². The van der Waals surface area contributed by atoms with Crippen molar-refractivity contribution in [3.8, 4) is 0 Å². The standard InChI is InChI=1S/C10H27O2P7/c1-6(2)8-5-9(7(3)4)12-10(11-8,18(14)15)19(16)17-13/h6-9,17H,5,13-16H2,1-4H3/t8-,9+,10?,19?. The average molecular weight is 396 g/mol. The minimum absolute atomic E-state index is 0.305. The zero-order valence-electron chi connectivity index (χ0n) is 12.0. The van der Waals surface area contributed by atoms with Gasteiger partial charge in [0.15, 0.2) is 0 Å². The number of hydrogen-bond acceptors (Lipinski definition) is 2. The summed E-state index contributed by atoms with van der Waals surface area (Å²) < 4.78 is 13.0. The summed E-state index contributed by atoms with van der Waals surface area (Å²) in [7, 11) is 11.7. The quantitative estimate of drug-likeness (QED) is 0.547. The summed E-state index contributed by atoms with van der Waals surface area (Å²) in [5.74, 6) is 1.08. The van der Waals surface area contributed by atoms with Crippen molar-refractivity contribution in [2.24, 2.45) is 11.8 Å². The zero-order chi connectivity index (χ0) is 14.8. The van der Waals surface area contributed by atoms with Crippen LogP contribution in [-0.2, 0) is 9.47 Å². The predicted molar refractivity (Wildman–Crippen MR) is 108 cm³/mol. The Hall–Kier alpha value is 2.93. The minimum Gasteiger partial charge on any atom is -0.338 e. The van der Waals surface area contributed by atoms with Crippen molar-refractivity contribution in [1.82, 2.24) is 0 Å². The highest BCUT2D eigenvalue weighted by Gasteiger charge is 2.50. The van der Waals surface area contributed by atoms with Crippen LogP contribution in [0.15, 0.2) is 0 Å². The van der Waals surface area contributed by atoms with E-state index in [9.17, 15) is 0 Å². The van der Waals surface area contributed by atoms with E-state index in [1.54, 1.807) is 0 Å². The summed E-state index contributed by atoms with van der Waals surface area (Å²) in [5.41, 5.74) is 0. The van der Waals surface area contributed by atoms with Gasteiger partial charge >= 0.3 is 0 Å². The first-order chi connectivity index (χ1) is 8.74. The zero-order valence-corrected chi connectivity index (χ0v) is 19.4. The molecule has 0 aromatic carbocycles. The molecule has 1 heterocycles. The van der Waals surface area contributed by atoms with E-state index in [1.165, 1.54) is 0 Å². The lowest BCUT2D eigenvalue weighted by Gasteiger charge is -2.51. The molecule has 0 spiro atoms. The highest BCUT2D eigenvalue weighted by Crippen LogP contribution is 2.86. The molecule has 7 unspecified atom stereocenters. The fourth-order valence-corrected chi connectivity index (χ4v) is 18.1. The average Bonchev–Trinajstić information content (AvgIpc) is 2.36. The molecule has 1 saturated heterocycles. The van der Waals surface area contributed by atoms with E-state index in [0.29, 0.717) is 24.0 Å². The first kappa shape index (κ1) is 20.0. The molecule has 0 aromatic rings. The number of hydrogen-bond donors (Lipinski definition) is 0. The molecule has 1 fully saturated rings. The number of ether oxygens (including phenoxy) is 2. The van der Waals surface area contributed by atoms with Crippen molar-refractivity contribution in [2.75, 3.05) is 0 Å². The van der Waals surface area contributed by atoms with Crippen LogP contribution in [0.1, 0.15) is 34.1 Å². The van der Waals surface area contributed by atoms with Gasteiger partial charge in [0, 0.05) is 21.0 Å². The second kappa shape index (κ2) is 8.69. The Morgan fingerprint density at radius 3 is 1.74 bits per heavy atom. The van der Waals surface area contributed by atoms with Gasteiger partial charge in [0.1, 0.15) is 0 Å². The molecule has 2 nitrogen and oxygen atoms in total. The van der Waals surface area contributed by atoms with E-state index < -0.39 is 12.6 Å². The Morgan fingerprint density at radius 1 is 1.05 bits per heavy atom. The van der Waals surface area contributed by atoms with E-state index in [2.05, 4.69) is 63.4 Å². The minimum atomic E-state index is -0.460. The van der Waals surface area contributed by atoms with E-state index in [4.69, 9.17) is 9.47 Å². The van der Waals surface area contributed by atoms with E-state index >= 15 is 0 Å². The molecule has 9 heteroatoms. The van der Waals surface area contributed by atoms with Crippen LogP contribution in [0.2, 0.25) is 0 Å². The largest absolute Gasteiger partial charge is 0.338 e. The van der Waals surface area contributed by atoms with Crippen molar-refractivity contribution in [3.63, 3.8) is 0 Å². The fourth-order valence-electron chi connectivity index (χ4n) is 2.01. The molecule has 19 heavy (non-hydrogen) atoms. The normalized spacial score (nSPS) is 34.9. The van der Waals surface area contributed by atoms with Crippen molar-refractivity contribution in [2.45, 2.75) is 51.6 Å². The van der Waals surface area contributed by atoms with Crippen LogP contribution in [0.3, 0.4) is 0 Å². The first-order valence-corrected chi connectivity index (χ1v) is 17.6. The van der Waals surface area contributed by atoms with Crippen molar-refractivity contribution < 1.29 is 9.47 Å². The van der Waals surface area contributed by atoms with E-state index in [0.717, 1.165) is 14.4 Å². The summed E-state index contributed by atoms with van der Waals surface area (Å²) in [6.45, 7) is 9.00. The molecule has 0 amide bonds. The molecular weight excluding hydrogens is 369 g/mol. The summed E-state index contributed by atoms with van der Waals surface area (Å²) in [6, 6.07) is 0. The van der Waals surface area contributed by atoms with E-state index in [-0.39, 0.29) is 7.30 Å². The Kier molecular flexibility index (Phi) is 9.14. The van der Waals surface area contributed by atoms with Crippen LogP contribution >= 0.6 is 58.3 Å². The smallest absolute Gasteiger partial charge is 0.220 e. The maximum Gasteiger partial charge on any atom is 0.220 e. The highest BCUT2D eigenvalue weighted by atomic mass is 32.6. The molecule has 0 saturated carbocycles. The molecular formula is C10H27O2P7. The Bertz CT molecular complexity index is 271. The van der Waals surface area contributed by atoms with Gasteiger partial charge in [-0.2, -0.15) is 0 Å². The van der Waals surface area contributed by atoms with Crippen LogP contribution in [0, 0.1) is 11.8 Å². The van der Waals surface area contributed by atoms with Crippen molar-refractivity contribution in [3.05, 3.63) is 0 Å². The lowest BCUT2D eigenvalue weighted by Crippen LogP contribution is -2.47. The summed E-state index contributed by atoms with van der Waals surface area (Å²) >= 11 is 0. The van der Waals surface area contributed by atoms with Crippen LogP contribution in [0.5, 0.6) is 0 Å². The SMILES string of the molecule is CC(C)[C@@H]1C[C@H](C(C)C)OC(P(P)P)(P(P)PP)O1. The monoisotopic (exact) mass is 396 g/mol. The maximum absolute atomic E-state index is 6.50. The summed E-state index contributed by atoms with van der Waals surface area (Å²) in [4.78, 5) is 0. The third-order valence-corrected chi connectivity index (χ3v) is 20.5. The topological polar surface area (TPSA) is 18.5 Å². The molecule has 1 aliphatic rings. The fraction of sp³-hybridized carbons (Fsp3) is 1.00. The second-order valence-corrected chi connectivity index (χ2v) is 21.6. The summed E-state index contributed by atoms with van der Waals surface area (Å²) in [6.07, 6.45) is 1.63. The third kappa shape index (κ3) is 4.95. The highest BCUT2D eigenvalue weighted by molar-refractivity contribution is 8.64. The van der Waals surface area contributed by atoms with Crippen molar-refractivity contribution >= 4 is 58.3 Å². The van der Waals surface area contributed by atoms with Gasteiger partial charge in [-0.25, -0.2) is 0 Å². The van der Waals surface area contributed by atoms with Crippen LogP contribution in [0.4, 0.5) is 0 Å². The van der Waals surface area contributed by atoms with Gasteiger partial charge in [-0.3, -0.25) is 0 Å². The van der Waals surface area contributed by atoms with Gasteiger partial charge in [0.25, 0.3) is 0 Å². The molecule has 9 atom stereocenters. The van der Waals surface area contributed by atoms with Crippen LogP contribution in [-0.4, -0.2) is 17.5 Å². The molecule has 0 radical (unpaired) electrons. The van der Waals surface area contributed by atoms with Gasteiger partial charge < -0.3 is 9.47 Å². The van der Waals surface area contributed by atoms with E-state index in [1.807, 2.05) is 0 Å². The van der Waals surface area contributed by atoms with Crippen LogP contribution in [0.25, 0.3) is 0 Å². The van der Waals surface area contributed by atoms with Gasteiger partial charge in [0.05, 0.1) is 12.2 Å². The predicted octanol–water partition coefficient (Wildman–Crippen LogP) is 5.80. The second-order valence-electron chi connectivity index (χ2n) is 5.49. The molecule has 0 N–H and O–H groups in total. The lowest BCUT2D eigenvalue weighted by molar-refractivity contribution is -0.239. The van der Waals surface area contributed by atoms with Gasteiger partial charge in [-0.15, -0.1) is 35.7 Å². The molecule has 1 rings (SSSR count). The molecule has 1 aliphatic heterocycles. The molecule has 114 valence electrons. The van der Waals surface area contributed by atoms with Crippen molar-refractivity contribution in [1.29, 1.82) is 0 Å². The molecule has 0 aliphatic carbocycles. The first-order valence-electron chi connectivity index (χ1n) is 6.41.